The largest absolute Gasteiger partial charge is 0.396 e. The van der Waals surface area contributed by atoms with Gasteiger partial charge in [0.2, 0.25) is 0 Å². The van der Waals surface area contributed by atoms with Crippen molar-refractivity contribution in [2.24, 2.45) is 0 Å². The third kappa shape index (κ3) is 3.28. The van der Waals surface area contributed by atoms with Crippen LogP contribution in [0.4, 0.5) is 11.4 Å². The van der Waals surface area contributed by atoms with Crippen molar-refractivity contribution in [3.63, 3.8) is 0 Å². The zero-order chi connectivity index (χ0) is 13.0. The normalized spacial score (nSPS) is 10.3. The maximum atomic E-state index is 6.10. The Bertz CT molecular complexity index is 544. The van der Waals surface area contributed by atoms with E-state index in [0.717, 1.165) is 24.2 Å². The van der Waals surface area contributed by atoms with Gasteiger partial charge in [-0.05, 0) is 30.2 Å². The number of aromatic nitrogens is 1. The van der Waals surface area contributed by atoms with Gasteiger partial charge in [-0.25, -0.2) is 0 Å². The molecule has 2 rings (SSSR count). The molecule has 94 valence electrons. The summed E-state index contributed by atoms with van der Waals surface area (Å²) in [5, 5.41) is 4.58. The lowest BCUT2D eigenvalue weighted by Gasteiger charge is -2.09. The predicted octanol–water partition coefficient (Wildman–Crippen LogP) is 3.63. The van der Waals surface area contributed by atoms with E-state index >= 15 is 0 Å². The second-order valence-electron chi connectivity index (χ2n) is 3.88. The molecule has 0 aliphatic carbocycles. The van der Waals surface area contributed by atoms with Crippen molar-refractivity contribution in [3.05, 3.63) is 52.3 Å². The Balaban J connectivity index is 1.95. The molecular weight excluding hydrogens is 269 g/mol. The van der Waals surface area contributed by atoms with E-state index in [4.69, 9.17) is 28.9 Å². The molecule has 3 N–H and O–H groups in total. The number of anilines is 2. The van der Waals surface area contributed by atoms with Gasteiger partial charge in [0, 0.05) is 22.8 Å². The van der Waals surface area contributed by atoms with Crippen LogP contribution in [0.1, 0.15) is 5.56 Å². The van der Waals surface area contributed by atoms with E-state index < -0.39 is 0 Å². The molecule has 0 saturated carbocycles. The molecule has 1 aromatic heterocycles. The molecule has 0 bridgehead atoms. The highest BCUT2D eigenvalue weighted by Crippen LogP contribution is 2.22. The van der Waals surface area contributed by atoms with Crippen molar-refractivity contribution < 1.29 is 0 Å². The summed E-state index contributed by atoms with van der Waals surface area (Å²) in [6.45, 7) is 0.746. The molecule has 5 heteroatoms. The fourth-order valence-electron chi connectivity index (χ4n) is 1.62. The molecule has 0 saturated heterocycles. The number of hydrogen-bond donors (Lipinski definition) is 2. The lowest BCUT2D eigenvalue weighted by atomic mass is 10.1. The Morgan fingerprint density at radius 3 is 2.78 bits per heavy atom. The van der Waals surface area contributed by atoms with E-state index in [1.165, 1.54) is 0 Å². The lowest BCUT2D eigenvalue weighted by Crippen LogP contribution is -2.07. The third-order valence-corrected chi connectivity index (χ3v) is 3.16. The maximum Gasteiger partial charge on any atom is 0.0736 e. The second-order valence-corrected chi connectivity index (χ2v) is 4.72. The van der Waals surface area contributed by atoms with Crippen LogP contribution in [0.3, 0.4) is 0 Å². The number of nitrogens with two attached hydrogens (primary N) is 1. The highest BCUT2D eigenvalue weighted by Gasteiger charge is 2.02. The standard InChI is InChI=1S/C13H13Cl2N3/c14-10-2-1-9(11(15)7-10)3-6-18-13-4-5-17-8-12(13)16/h1-2,4-5,7-8H,3,6,16H2,(H,17,18). The van der Waals surface area contributed by atoms with E-state index in [0.29, 0.717) is 15.7 Å². The number of nitrogen functional groups attached to an aromatic ring is 1. The van der Waals surface area contributed by atoms with E-state index in [9.17, 15) is 0 Å². The topological polar surface area (TPSA) is 50.9 Å². The fraction of sp³-hybridized carbons (Fsp3) is 0.154. The number of nitrogens with one attached hydrogen (secondary N) is 1. The second kappa shape index (κ2) is 5.94. The summed E-state index contributed by atoms with van der Waals surface area (Å²) in [5.41, 5.74) is 8.36. The van der Waals surface area contributed by atoms with Gasteiger partial charge < -0.3 is 11.1 Å². The monoisotopic (exact) mass is 281 g/mol. The van der Waals surface area contributed by atoms with Crippen molar-refractivity contribution in [1.29, 1.82) is 0 Å². The molecule has 0 aliphatic heterocycles. The van der Waals surface area contributed by atoms with Crippen LogP contribution in [-0.2, 0) is 6.42 Å². The van der Waals surface area contributed by atoms with Gasteiger partial charge in [-0.1, -0.05) is 29.3 Å². The minimum atomic E-state index is 0.639. The van der Waals surface area contributed by atoms with Crippen LogP contribution in [0, 0.1) is 0 Å². The molecule has 18 heavy (non-hydrogen) atoms. The van der Waals surface area contributed by atoms with Crippen LogP contribution < -0.4 is 11.1 Å². The number of hydrogen-bond acceptors (Lipinski definition) is 3. The first kappa shape index (κ1) is 13.0. The highest BCUT2D eigenvalue weighted by molar-refractivity contribution is 6.35. The van der Waals surface area contributed by atoms with Gasteiger partial charge in [-0.15, -0.1) is 0 Å². The summed E-state index contributed by atoms with van der Waals surface area (Å²) in [6.07, 6.45) is 4.13. The molecule has 2 aromatic rings. The molecule has 0 radical (unpaired) electrons. The summed E-state index contributed by atoms with van der Waals surface area (Å²) in [7, 11) is 0. The molecule has 1 aromatic carbocycles. The van der Waals surface area contributed by atoms with Gasteiger partial charge >= 0.3 is 0 Å². The Labute approximate surface area is 116 Å². The minimum Gasteiger partial charge on any atom is -0.396 e. The van der Waals surface area contributed by atoms with E-state index in [1.807, 2.05) is 18.2 Å². The zero-order valence-corrected chi connectivity index (χ0v) is 11.2. The fourth-order valence-corrected chi connectivity index (χ4v) is 2.13. The summed E-state index contributed by atoms with van der Waals surface area (Å²) >= 11 is 11.9. The molecule has 0 spiro atoms. The first-order chi connectivity index (χ1) is 8.66. The summed E-state index contributed by atoms with van der Waals surface area (Å²) in [5.74, 6) is 0. The van der Waals surface area contributed by atoms with Crippen molar-refractivity contribution in [3.8, 4) is 0 Å². The smallest absolute Gasteiger partial charge is 0.0736 e. The van der Waals surface area contributed by atoms with Gasteiger partial charge in [-0.2, -0.15) is 0 Å². The Hall–Kier alpha value is -1.45. The van der Waals surface area contributed by atoms with Gasteiger partial charge in [-0.3, -0.25) is 4.98 Å². The first-order valence-electron chi connectivity index (χ1n) is 5.54. The van der Waals surface area contributed by atoms with Crippen LogP contribution in [0.5, 0.6) is 0 Å². The molecular formula is C13H13Cl2N3. The van der Waals surface area contributed by atoms with Crippen molar-refractivity contribution in [1.82, 2.24) is 4.98 Å². The summed E-state index contributed by atoms with van der Waals surface area (Å²) in [6, 6.07) is 7.36. The number of pyridine rings is 1. The average molecular weight is 282 g/mol. The molecule has 0 unspecified atom stereocenters. The summed E-state index contributed by atoms with van der Waals surface area (Å²) < 4.78 is 0. The van der Waals surface area contributed by atoms with Crippen molar-refractivity contribution in [2.45, 2.75) is 6.42 Å². The zero-order valence-electron chi connectivity index (χ0n) is 9.66. The van der Waals surface area contributed by atoms with Gasteiger partial charge in [0.15, 0.2) is 0 Å². The van der Waals surface area contributed by atoms with Gasteiger partial charge in [0.1, 0.15) is 0 Å². The Morgan fingerprint density at radius 1 is 1.22 bits per heavy atom. The highest BCUT2D eigenvalue weighted by atomic mass is 35.5. The van der Waals surface area contributed by atoms with Crippen LogP contribution in [0.2, 0.25) is 10.0 Å². The van der Waals surface area contributed by atoms with Crippen molar-refractivity contribution >= 4 is 34.6 Å². The molecule has 0 amide bonds. The van der Waals surface area contributed by atoms with Crippen molar-refractivity contribution in [2.75, 3.05) is 17.6 Å². The third-order valence-electron chi connectivity index (χ3n) is 2.58. The lowest BCUT2D eigenvalue weighted by molar-refractivity contribution is 1.02. The number of nitrogens with zero attached hydrogens (tertiary/aromatic N) is 1. The van der Waals surface area contributed by atoms with Gasteiger partial charge in [0.05, 0.1) is 17.6 Å². The van der Waals surface area contributed by atoms with E-state index in [2.05, 4.69) is 10.3 Å². The maximum absolute atomic E-state index is 6.10. The van der Waals surface area contributed by atoms with Crippen LogP contribution >= 0.6 is 23.2 Å². The summed E-state index contributed by atoms with van der Waals surface area (Å²) in [4.78, 5) is 3.93. The first-order valence-corrected chi connectivity index (χ1v) is 6.29. The van der Waals surface area contributed by atoms with Crippen LogP contribution in [-0.4, -0.2) is 11.5 Å². The van der Waals surface area contributed by atoms with Crippen LogP contribution in [0.25, 0.3) is 0 Å². The van der Waals surface area contributed by atoms with Gasteiger partial charge in [0.25, 0.3) is 0 Å². The molecule has 1 heterocycles. The van der Waals surface area contributed by atoms with E-state index in [1.54, 1.807) is 18.5 Å². The Kier molecular flexibility index (Phi) is 4.28. The number of rotatable bonds is 4. The molecule has 0 fully saturated rings. The minimum absolute atomic E-state index is 0.639. The quantitative estimate of drug-likeness (QED) is 0.900. The van der Waals surface area contributed by atoms with Crippen LogP contribution in [0.15, 0.2) is 36.7 Å². The number of benzene rings is 1. The molecule has 3 nitrogen and oxygen atoms in total. The molecule has 0 aliphatic rings. The number of halogens is 2. The predicted molar refractivity (Wildman–Crippen MR) is 77.3 cm³/mol. The average Bonchev–Trinajstić information content (AvgIpc) is 2.34. The molecule has 0 atom stereocenters. The Morgan fingerprint density at radius 2 is 2.06 bits per heavy atom. The van der Waals surface area contributed by atoms with E-state index in [-0.39, 0.29) is 0 Å². The SMILES string of the molecule is Nc1cnccc1NCCc1ccc(Cl)cc1Cl.